The predicted molar refractivity (Wildman–Crippen MR) is 175 cm³/mol. The van der Waals surface area contributed by atoms with E-state index in [4.69, 9.17) is 4.98 Å². The van der Waals surface area contributed by atoms with Gasteiger partial charge in [0.1, 0.15) is 0 Å². The summed E-state index contributed by atoms with van der Waals surface area (Å²) in [6, 6.07) is 56.0. The second-order valence-corrected chi connectivity index (χ2v) is 11.1. The summed E-state index contributed by atoms with van der Waals surface area (Å²) in [6.07, 6.45) is 1.99. The summed E-state index contributed by atoms with van der Waals surface area (Å²) in [7, 11) is 0. The van der Waals surface area contributed by atoms with Crippen molar-refractivity contribution < 1.29 is 0 Å². The van der Waals surface area contributed by atoms with Crippen LogP contribution in [0.5, 0.6) is 0 Å². The second-order valence-electron chi connectivity index (χ2n) is 10.0. The molecule has 0 unspecified atom stereocenters. The zero-order valence-corrected chi connectivity index (χ0v) is 23.3. The van der Waals surface area contributed by atoms with Gasteiger partial charge in [-0.3, -0.25) is 4.98 Å². The van der Waals surface area contributed by atoms with Gasteiger partial charge in [0.05, 0.1) is 10.6 Å². The van der Waals surface area contributed by atoms with E-state index in [9.17, 15) is 0 Å². The van der Waals surface area contributed by atoms with Crippen LogP contribution in [0.1, 0.15) is 22.3 Å². The first-order chi connectivity index (χ1) is 20.3. The number of nitrogens with zero attached hydrogens (tertiary/aromatic N) is 1. The third kappa shape index (κ3) is 5.14. The summed E-state index contributed by atoms with van der Waals surface area (Å²) in [5.41, 5.74) is 10.5. The van der Waals surface area contributed by atoms with Gasteiger partial charge in [-0.05, 0) is 62.5 Å². The number of rotatable bonds is 6. The summed E-state index contributed by atoms with van der Waals surface area (Å²) in [4.78, 5) is 6.03. The van der Waals surface area contributed by atoms with Crippen LogP contribution in [-0.2, 0) is 0 Å². The van der Waals surface area contributed by atoms with Gasteiger partial charge >= 0.3 is 0 Å². The lowest BCUT2D eigenvalue weighted by Crippen LogP contribution is -1.97. The van der Waals surface area contributed by atoms with E-state index in [1.54, 1.807) is 11.3 Å². The molecular formula is C39H27NS. The number of hydrogen-bond donors (Lipinski definition) is 0. The normalized spacial score (nSPS) is 10.9. The average Bonchev–Trinajstić information content (AvgIpc) is 3.50. The van der Waals surface area contributed by atoms with Crippen molar-refractivity contribution in [2.75, 3.05) is 0 Å². The number of aromatic nitrogens is 1. The molecule has 0 amide bonds. The minimum absolute atomic E-state index is 1.01. The van der Waals surface area contributed by atoms with Crippen molar-refractivity contribution in [3.8, 4) is 21.7 Å². The standard InChI is InChI=1S/C39H27NS/c1-4-12-29(13-5-1)38(30-14-6-2-7-15-30)39(31-16-8-3-9-17-31)32-22-20-28(21-23-32)34-24-25-35(40-27-34)37-26-33-18-10-11-19-36(33)41-37/h1-27H. The SMILES string of the molecule is c1ccc(C(=C(c2ccccc2)c2ccc(-c3ccc(-c4cc5ccccc5s4)nc3)cc2)c2ccccc2)cc1. The molecule has 7 rings (SSSR count). The fraction of sp³-hybridized carbons (Fsp3) is 0. The maximum absolute atomic E-state index is 4.83. The van der Waals surface area contributed by atoms with Crippen LogP contribution in [0.3, 0.4) is 0 Å². The van der Waals surface area contributed by atoms with Crippen LogP contribution in [0.2, 0.25) is 0 Å². The van der Waals surface area contributed by atoms with Crippen LogP contribution in [-0.4, -0.2) is 4.98 Å². The molecule has 0 aliphatic carbocycles. The van der Waals surface area contributed by atoms with Gasteiger partial charge in [-0.2, -0.15) is 0 Å². The van der Waals surface area contributed by atoms with Crippen LogP contribution in [0.15, 0.2) is 164 Å². The molecule has 0 aliphatic heterocycles. The van der Waals surface area contributed by atoms with E-state index < -0.39 is 0 Å². The summed E-state index contributed by atoms with van der Waals surface area (Å²) < 4.78 is 1.29. The van der Waals surface area contributed by atoms with Crippen molar-refractivity contribution in [3.63, 3.8) is 0 Å². The smallest absolute Gasteiger partial charge is 0.0802 e. The van der Waals surface area contributed by atoms with Gasteiger partial charge in [-0.1, -0.05) is 140 Å². The van der Waals surface area contributed by atoms with Crippen molar-refractivity contribution >= 4 is 32.6 Å². The minimum Gasteiger partial charge on any atom is -0.255 e. The van der Waals surface area contributed by atoms with Gasteiger partial charge in [-0.15, -0.1) is 11.3 Å². The molecule has 2 heterocycles. The molecule has 0 saturated carbocycles. The van der Waals surface area contributed by atoms with Crippen LogP contribution in [0.25, 0.3) is 42.9 Å². The lowest BCUT2D eigenvalue weighted by molar-refractivity contribution is 1.34. The fourth-order valence-electron chi connectivity index (χ4n) is 5.37. The van der Waals surface area contributed by atoms with E-state index in [-0.39, 0.29) is 0 Å². The van der Waals surface area contributed by atoms with Crippen LogP contribution in [0, 0.1) is 0 Å². The number of fused-ring (bicyclic) bond motifs is 1. The van der Waals surface area contributed by atoms with Crippen LogP contribution in [0.4, 0.5) is 0 Å². The first-order valence-corrected chi connectivity index (χ1v) is 14.6. The fourth-order valence-corrected chi connectivity index (χ4v) is 6.41. The number of hydrogen-bond acceptors (Lipinski definition) is 2. The molecule has 0 aliphatic rings. The Kier molecular flexibility index (Phi) is 6.82. The van der Waals surface area contributed by atoms with E-state index >= 15 is 0 Å². The molecule has 0 N–H and O–H groups in total. The van der Waals surface area contributed by atoms with Gasteiger partial charge in [0.15, 0.2) is 0 Å². The van der Waals surface area contributed by atoms with Gasteiger partial charge in [0.2, 0.25) is 0 Å². The van der Waals surface area contributed by atoms with E-state index in [2.05, 4.69) is 158 Å². The van der Waals surface area contributed by atoms with Crippen molar-refractivity contribution in [2.24, 2.45) is 0 Å². The van der Waals surface area contributed by atoms with E-state index in [1.807, 2.05) is 6.20 Å². The number of benzene rings is 5. The Morgan fingerprint density at radius 3 is 1.44 bits per heavy atom. The highest BCUT2D eigenvalue weighted by Crippen LogP contribution is 2.38. The molecular weight excluding hydrogens is 515 g/mol. The summed E-state index contributed by atoms with van der Waals surface area (Å²) >= 11 is 1.79. The molecule has 0 atom stereocenters. The second kappa shape index (κ2) is 11.2. The van der Waals surface area contributed by atoms with Gasteiger partial charge < -0.3 is 0 Å². The largest absolute Gasteiger partial charge is 0.255 e. The van der Waals surface area contributed by atoms with Crippen LogP contribution < -0.4 is 0 Å². The van der Waals surface area contributed by atoms with Crippen LogP contribution >= 0.6 is 11.3 Å². The Hall–Kier alpha value is -5.05. The quantitative estimate of drug-likeness (QED) is 0.191. The zero-order chi connectivity index (χ0) is 27.4. The maximum atomic E-state index is 4.83. The number of thiophene rings is 1. The Bertz CT molecular complexity index is 1860. The summed E-state index contributed by atoms with van der Waals surface area (Å²) in [5.74, 6) is 0. The molecule has 7 aromatic rings. The molecule has 0 saturated heterocycles. The van der Waals surface area contributed by atoms with E-state index in [0.717, 1.165) is 16.8 Å². The summed E-state index contributed by atoms with van der Waals surface area (Å²) in [5, 5.41) is 1.27. The van der Waals surface area contributed by atoms with Gasteiger partial charge in [-0.25, -0.2) is 0 Å². The van der Waals surface area contributed by atoms with Crippen molar-refractivity contribution in [2.45, 2.75) is 0 Å². The van der Waals surface area contributed by atoms with E-state index in [0.29, 0.717) is 0 Å². The molecule has 2 aromatic heterocycles. The average molecular weight is 542 g/mol. The topological polar surface area (TPSA) is 12.9 Å². The van der Waals surface area contributed by atoms with Crippen molar-refractivity contribution in [3.05, 3.63) is 186 Å². The third-order valence-corrected chi connectivity index (χ3v) is 8.52. The molecule has 0 fully saturated rings. The molecule has 0 spiro atoms. The first kappa shape index (κ1) is 25.0. The summed E-state index contributed by atoms with van der Waals surface area (Å²) in [6.45, 7) is 0. The molecule has 0 bridgehead atoms. The van der Waals surface area contributed by atoms with Crippen molar-refractivity contribution in [1.29, 1.82) is 0 Å². The molecule has 5 aromatic carbocycles. The Morgan fingerprint density at radius 1 is 0.439 bits per heavy atom. The lowest BCUT2D eigenvalue weighted by Gasteiger charge is -2.18. The Balaban J connectivity index is 1.30. The molecule has 1 nitrogen and oxygen atoms in total. The third-order valence-electron chi connectivity index (χ3n) is 7.39. The number of pyridine rings is 1. The highest BCUT2D eigenvalue weighted by molar-refractivity contribution is 7.22. The first-order valence-electron chi connectivity index (χ1n) is 13.8. The van der Waals surface area contributed by atoms with Gasteiger partial charge in [0.25, 0.3) is 0 Å². The highest BCUT2D eigenvalue weighted by atomic mass is 32.1. The monoisotopic (exact) mass is 541 g/mol. The molecule has 2 heteroatoms. The highest BCUT2D eigenvalue weighted by Gasteiger charge is 2.16. The van der Waals surface area contributed by atoms with Crippen molar-refractivity contribution in [1.82, 2.24) is 4.98 Å². The lowest BCUT2D eigenvalue weighted by atomic mass is 9.85. The zero-order valence-electron chi connectivity index (χ0n) is 22.4. The Labute approximate surface area is 244 Å². The van der Waals surface area contributed by atoms with E-state index in [1.165, 1.54) is 48.4 Å². The minimum atomic E-state index is 1.01. The molecule has 194 valence electrons. The molecule has 0 radical (unpaired) electrons. The maximum Gasteiger partial charge on any atom is 0.0802 e. The Morgan fingerprint density at radius 2 is 0.927 bits per heavy atom. The predicted octanol–water partition coefficient (Wildman–Crippen LogP) is 10.6. The van der Waals surface area contributed by atoms with Gasteiger partial charge in [0, 0.05) is 16.5 Å². The molecule has 41 heavy (non-hydrogen) atoms.